The molecule has 0 fully saturated rings. The van der Waals surface area contributed by atoms with Crippen LogP contribution in [-0.2, 0) is 9.59 Å². The van der Waals surface area contributed by atoms with Gasteiger partial charge in [0.15, 0.2) is 0 Å². The van der Waals surface area contributed by atoms with Crippen LogP contribution in [0.2, 0.25) is 0 Å². The number of benzene rings is 1. The maximum Gasteiger partial charge on any atom is 0.305 e. The number of anilines is 1. The summed E-state index contributed by atoms with van der Waals surface area (Å²) in [6.07, 6.45) is 1.16. The van der Waals surface area contributed by atoms with Crippen LogP contribution in [0.4, 0.5) is 5.69 Å². The summed E-state index contributed by atoms with van der Waals surface area (Å²) in [5.41, 5.74) is 1.88. The predicted octanol–water partition coefficient (Wildman–Crippen LogP) is 2.60. The normalized spacial score (nSPS) is 10.1. The Hall–Kier alpha value is -1.84. The van der Waals surface area contributed by atoms with Crippen LogP contribution in [0.1, 0.15) is 31.7 Å². The maximum atomic E-state index is 12.0. The molecule has 0 unspecified atom stereocenters. The second-order valence-electron chi connectivity index (χ2n) is 4.27. The van der Waals surface area contributed by atoms with Crippen LogP contribution in [0.3, 0.4) is 0 Å². The third-order valence-corrected chi connectivity index (χ3v) is 2.66. The average Bonchev–Trinajstić information content (AvgIpc) is 2.31. The van der Waals surface area contributed by atoms with Gasteiger partial charge in [-0.3, -0.25) is 9.59 Å². The van der Waals surface area contributed by atoms with E-state index in [1.807, 2.05) is 38.1 Å². The highest BCUT2D eigenvalue weighted by molar-refractivity contribution is 5.93. The molecule has 1 N–H and O–H groups in total. The molecule has 1 amide bonds. The standard InChI is InChI=1S/C14H19NO3/c1-3-4-13(16)15(10-9-14(17)18)12-7-5-11(2)6-8-12/h5-8H,3-4,9-10H2,1-2H3,(H,17,18). The summed E-state index contributed by atoms with van der Waals surface area (Å²) in [5, 5.41) is 8.73. The summed E-state index contributed by atoms with van der Waals surface area (Å²) in [7, 11) is 0. The number of hydrogen-bond donors (Lipinski definition) is 1. The Kier molecular flexibility index (Phi) is 5.36. The van der Waals surface area contributed by atoms with E-state index in [1.54, 1.807) is 4.90 Å². The summed E-state index contributed by atoms with van der Waals surface area (Å²) in [6.45, 7) is 4.12. The number of hydrogen-bond acceptors (Lipinski definition) is 2. The first-order chi connectivity index (χ1) is 8.54. The van der Waals surface area contributed by atoms with E-state index in [1.165, 1.54) is 0 Å². The summed E-state index contributed by atoms with van der Waals surface area (Å²) in [5.74, 6) is -0.918. The lowest BCUT2D eigenvalue weighted by Crippen LogP contribution is -2.32. The number of carbonyl (C=O) groups excluding carboxylic acids is 1. The minimum absolute atomic E-state index is 0.0254. The van der Waals surface area contributed by atoms with E-state index in [-0.39, 0.29) is 18.9 Å². The molecule has 0 spiro atoms. The van der Waals surface area contributed by atoms with Gasteiger partial charge < -0.3 is 10.0 Å². The van der Waals surface area contributed by atoms with Crippen molar-refractivity contribution in [2.24, 2.45) is 0 Å². The average molecular weight is 249 g/mol. The van der Waals surface area contributed by atoms with E-state index in [4.69, 9.17) is 5.11 Å². The van der Waals surface area contributed by atoms with Crippen LogP contribution in [-0.4, -0.2) is 23.5 Å². The van der Waals surface area contributed by atoms with E-state index in [0.29, 0.717) is 6.42 Å². The first-order valence-electron chi connectivity index (χ1n) is 6.13. The molecule has 0 atom stereocenters. The first-order valence-corrected chi connectivity index (χ1v) is 6.13. The Morgan fingerprint density at radius 1 is 1.17 bits per heavy atom. The van der Waals surface area contributed by atoms with Crippen molar-refractivity contribution in [2.45, 2.75) is 33.1 Å². The minimum Gasteiger partial charge on any atom is -0.481 e. The SMILES string of the molecule is CCCC(=O)N(CCC(=O)O)c1ccc(C)cc1. The maximum absolute atomic E-state index is 12.0. The summed E-state index contributed by atoms with van der Waals surface area (Å²) in [6, 6.07) is 7.54. The monoisotopic (exact) mass is 249 g/mol. The van der Waals surface area contributed by atoms with Crippen LogP contribution in [0.15, 0.2) is 24.3 Å². The van der Waals surface area contributed by atoms with Gasteiger partial charge >= 0.3 is 5.97 Å². The fourth-order valence-corrected chi connectivity index (χ4v) is 1.68. The van der Waals surface area contributed by atoms with Crippen molar-refractivity contribution in [1.82, 2.24) is 0 Å². The summed E-state index contributed by atoms with van der Waals surface area (Å²) >= 11 is 0. The van der Waals surface area contributed by atoms with Crippen molar-refractivity contribution in [1.29, 1.82) is 0 Å². The van der Waals surface area contributed by atoms with Gasteiger partial charge in [0.2, 0.25) is 5.91 Å². The van der Waals surface area contributed by atoms with Crippen LogP contribution in [0.5, 0.6) is 0 Å². The van der Waals surface area contributed by atoms with E-state index in [9.17, 15) is 9.59 Å². The summed E-state index contributed by atoms with van der Waals surface area (Å²) in [4.78, 5) is 24.2. The number of carbonyl (C=O) groups is 2. The molecule has 0 radical (unpaired) electrons. The molecule has 0 aromatic heterocycles. The molecule has 1 aromatic carbocycles. The minimum atomic E-state index is -0.892. The largest absolute Gasteiger partial charge is 0.481 e. The van der Waals surface area contributed by atoms with Crippen molar-refractivity contribution in [3.05, 3.63) is 29.8 Å². The third kappa shape index (κ3) is 4.20. The molecule has 98 valence electrons. The molecule has 0 saturated carbocycles. The van der Waals surface area contributed by atoms with E-state index < -0.39 is 5.97 Å². The number of aliphatic carboxylic acids is 1. The quantitative estimate of drug-likeness (QED) is 0.843. The topological polar surface area (TPSA) is 57.6 Å². The van der Waals surface area contributed by atoms with Crippen molar-refractivity contribution in [3.63, 3.8) is 0 Å². The fourth-order valence-electron chi connectivity index (χ4n) is 1.68. The Morgan fingerprint density at radius 2 is 1.78 bits per heavy atom. The lowest BCUT2D eigenvalue weighted by atomic mass is 10.2. The molecule has 0 aliphatic heterocycles. The number of carboxylic acid groups (broad SMARTS) is 1. The molecule has 0 aliphatic rings. The molecule has 0 bridgehead atoms. The molecule has 0 saturated heterocycles. The molecular weight excluding hydrogens is 230 g/mol. The molecule has 1 aromatic rings. The third-order valence-electron chi connectivity index (χ3n) is 2.66. The predicted molar refractivity (Wildman–Crippen MR) is 70.7 cm³/mol. The van der Waals surface area contributed by atoms with Gasteiger partial charge in [-0.2, -0.15) is 0 Å². The lowest BCUT2D eigenvalue weighted by molar-refractivity contribution is -0.136. The van der Waals surface area contributed by atoms with Gasteiger partial charge in [-0.1, -0.05) is 24.6 Å². The van der Waals surface area contributed by atoms with E-state index in [0.717, 1.165) is 17.7 Å². The second-order valence-corrected chi connectivity index (χ2v) is 4.27. The van der Waals surface area contributed by atoms with Crippen LogP contribution in [0, 0.1) is 6.92 Å². The van der Waals surface area contributed by atoms with Gasteiger partial charge in [0.05, 0.1) is 6.42 Å². The zero-order valence-corrected chi connectivity index (χ0v) is 10.8. The smallest absolute Gasteiger partial charge is 0.305 e. The zero-order valence-electron chi connectivity index (χ0n) is 10.8. The number of aryl methyl sites for hydroxylation is 1. The molecule has 4 nitrogen and oxygen atoms in total. The number of amides is 1. The highest BCUT2D eigenvalue weighted by Gasteiger charge is 2.15. The molecule has 0 heterocycles. The van der Waals surface area contributed by atoms with Gasteiger partial charge in [-0.15, -0.1) is 0 Å². The highest BCUT2D eigenvalue weighted by atomic mass is 16.4. The van der Waals surface area contributed by atoms with Gasteiger partial charge in [0.25, 0.3) is 0 Å². The first kappa shape index (κ1) is 14.2. The molecular formula is C14H19NO3. The molecule has 1 rings (SSSR count). The zero-order chi connectivity index (χ0) is 13.5. The summed E-state index contributed by atoms with van der Waals surface area (Å²) < 4.78 is 0. The molecule has 4 heteroatoms. The molecule has 0 aliphatic carbocycles. The van der Waals surface area contributed by atoms with Crippen LogP contribution < -0.4 is 4.90 Å². The number of rotatable bonds is 6. The highest BCUT2D eigenvalue weighted by Crippen LogP contribution is 2.17. The van der Waals surface area contributed by atoms with Crippen molar-refractivity contribution < 1.29 is 14.7 Å². The molecule has 18 heavy (non-hydrogen) atoms. The Balaban J connectivity index is 2.85. The lowest BCUT2D eigenvalue weighted by Gasteiger charge is -2.22. The fraction of sp³-hybridized carbons (Fsp3) is 0.429. The van der Waals surface area contributed by atoms with Gasteiger partial charge in [-0.05, 0) is 25.5 Å². The van der Waals surface area contributed by atoms with Crippen molar-refractivity contribution in [3.8, 4) is 0 Å². The van der Waals surface area contributed by atoms with E-state index >= 15 is 0 Å². The van der Waals surface area contributed by atoms with Gasteiger partial charge in [0, 0.05) is 18.7 Å². The Morgan fingerprint density at radius 3 is 2.28 bits per heavy atom. The van der Waals surface area contributed by atoms with Crippen molar-refractivity contribution >= 4 is 17.6 Å². The van der Waals surface area contributed by atoms with Crippen molar-refractivity contribution in [2.75, 3.05) is 11.4 Å². The van der Waals surface area contributed by atoms with Gasteiger partial charge in [-0.25, -0.2) is 0 Å². The number of carboxylic acids is 1. The van der Waals surface area contributed by atoms with E-state index in [2.05, 4.69) is 0 Å². The number of nitrogens with zero attached hydrogens (tertiary/aromatic N) is 1. The van der Waals surface area contributed by atoms with Crippen LogP contribution >= 0.6 is 0 Å². The Bertz CT molecular complexity index is 412. The second kappa shape index (κ2) is 6.79. The van der Waals surface area contributed by atoms with Crippen LogP contribution in [0.25, 0.3) is 0 Å². The van der Waals surface area contributed by atoms with Gasteiger partial charge in [0.1, 0.15) is 0 Å². The Labute approximate surface area is 107 Å².